The number of carbonyl (C=O) groups is 10. The number of hydrogen-bond acceptors (Lipinski definition) is 13. The number of amides is 10. The van der Waals surface area contributed by atoms with Crippen LogP contribution in [0.25, 0.3) is 0 Å². The quantitative estimate of drug-likeness (QED) is 0.201. The summed E-state index contributed by atoms with van der Waals surface area (Å²) in [5.41, 5.74) is -0.104. The van der Waals surface area contributed by atoms with Gasteiger partial charge in [-0.05, 0) is 90.0 Å². The molecule has 3 rings (SSSR count). The SMILES string of the molecule is CC[C@H](C)[C@H]1C(=O)N[C@H](C(=O)N2CCCCC2)CSCC(=O)N(C)[C@@H](C)C(=O)N[C@@H](Cc2ccccc2)C(=O)N(C)[C@@H](CC(C)C)C(=O)N[C@@H]([C@@H](C)O)C(=O)N(C)CC(=O)N(C)[C@@H](CC(C)C)C(=O)N[C@@H](COC(C)(C)C)C(=O)N1C. The molecule has 2 saturated heterocycles. The third kappa shape index (κ3) is 20.8. The zero-order valence-electron chi connectivity index (χ0n) is 51.0. The molecule has 23 heteroatoms. The Hall–Kier alpha value is -5.81. The van der Waals surface area contributed by atoms with Crippen LogP contribution in [-0.4, -0.2) is 227 Å². The Morgan fingerprint density at radius 3 is 1.77 bits per heavy atom. The average Bonchev–Trinajstić information content (AvgIpc) is 3.47. The molecule has 2 heterocycles. The number of aliphatic hydroxyl groups is 1. The summed E-state index contributed by atoms with van der Waals surface area (Å²) in [6, 6.07) is -1.15. The molecule has 10 amide bonds. The largest absolute Gasteiger partial charge is 0.391 e. The van der Waals surface area contributed by atoms with Crippen LogP contribution in [0.2, 0.25) is 0 Å². The molecule has 22 nitrogen and oxygen atoms in total. The number of hydrogen-bond donors (Lipinski definition) is 5. The summed E-state index contributed by atoms with van der Waals surface area (Å²) in [6.45, 7) is 19.2. The number of likely N-dealkylation sites (tertiary alicyclic amines) is 1. The predicted molar refractivity (Wildman–Crippen MR) is 311 cm³/mol. The number of ether oxygens (including phenoxy) is 1. The van der Waals surface area contributed by atoms with Gasteiger partial charge in [-0.3, -0.25) is 47.9 Å². The topological polar surface area (TPSA) is 268 Å². The van der Waals surface area contributed by atoms with Crippen molar-refractivity contribution in [2.75, 3.05) is 73.0 Å². The second kappa shape index (κ2) is 32.1. The summed E-state index contributed by atoms with van der Waals surface area (Å²) in [6.07, 6.45) is 1.63. The zero-order chi connectivity index (χ0) is 61.2. The summed E-state index contributed by atoms with van der Waals surface area (Å²) in [7, 11) is 7.00. The first-order chi connectivity index (χ1) is 37.8. The Bertz CT molecular complexity index is 2310. The summed E-state index contributed by atoms with van der Waals surface area (Å²) in [4.78, 5) is 152. The van der Waals surface area contributed by atoms with E-state index in [0.29, 0.717) is 25.1 Å². The molecule has 0 radical (unpaired) electrons. The number of rotatable bonds is 12. The monoisotopic (exact) mass is 1160 g/mol. The van der Waals surface area contributed by atoms with Gasteiger partial charge in [0.2, 0.25) is 59.1 Å². The molecule has 0 aliphatic carbocycles. The number of carbonyl (C=O) groups excluding carboxylic acids is 10. The van der Waals surface area contributed by atoms with Gasteiger partial charge < -0.3 is 60.5 Å². The summed E-state index contributed by atoms with van der Waals surface area (Å²) in [5, 5.41) is 22.3. The second-order valence-electron chi connectivity index (χ2n) is 23.8. The van der Waals surface area contributed by atoms with Crippen molar-refractivity contribution in [2.24, 2.45) is 17.8 Å². The van der Waals surface area contributed by atoms with E-state index < -0.39 is 126 Å². The van der Waals surface area contributed by atoms with Crippen LogP contribution in [0.4, 0.5) is 0 Å². The van der Waals surface area contributed by atoms with E-state index in [-0.39, 0.29) is 55.1 Å². The minimum atomic E-state index is -1.60. The molecule has 10 atom stereocenters. The lowest BCUT2D eigenvalue weighted by Gasteiger charge is -2.37. The van der Waals surface area contributed by atoms with Crippen molar-refractivity contribution in [3.05, 3.63) is 35.9 Å². The molecule has 0 aromatic heterocycles. The van der Waals surface area contributed by atoms with Gasteiger partial charge in [0, 0.05) is 60.5 Å². The maximum Gasteiger partial charge on any atom is 0.248 e. The smallest absolute Gasteiger partial charge is 0.248 e. The molecule has 0 saturated carbocycles. The highest BCUT2D eigenvalue weighted by molar-refractivity contribution is 8.00. The van der Waals surface area contributed by atoms with Gasteiger partial charge in [0.15, 0.2) is 0 Å². The third-order valence-electron chi connectivity index (χ3n) is 15.0. The van der Waals surface area contributed by atoms with E-state index in [1.54, 1.807) is 62.9 Å². The van der Waals surface area contributed by atoms with Crippen LogP contribution < -0.4 is 21.3 Å². The first-order valence-corrected chi connectivity index (χ1v) is 29.7. The van der Waals surface area contributed by atoms with Crippen molar-refractivity contribution < 1.29 is 57.8 Å². The van der Waals surface area contributed by atoms with Gasteiger partial charge in [-0.1, -0.05) is 78.3 Å². The van der Waals surface area contributed by atoms with E-state index in [2.05, 4.69) is 21.3 Å². The molecule has 2 fully saturated rings. The Balaban J connectivity index is 2.22. The number of likely N-dealkylation sites (N-methyl/N-ethyl adjacent to an activating group) is 5. The lowest BCUT2D eigenvalue weighted by Crippen LogP contribution is -2.62. The third-order valence-corrected chi connectivity index (χ3v) is 16.0. The van der Waals surface area contributed by atoms with Crippen LogP contribution in [0.15, 0.2) is 30.3 Å². The number of nitrogens with zero attached hydrogens (tertiary/aromatic N) is 6. The van der Waals surface area contributed by atoms with Crippen LogP contribution in [-0.2, 0) is 59.1 Å². The number of piperidine rings is 1. The van der Waals surface area contributed by atoms with Crippen molar-refractivity contribution in [3.63, 3.8) is 0 Å². The molecular formula is C58H96N10O12S. The average molecular weight is 1160 g/mol. The molecule has 1 aromatic rings. The maximum absolute atomic E-state index is 14.9. The molecule has 0 unspecified atom stereocenters. The van der Waals surface area contributed by atoms with Gasteiger partial charge in [-0.25, -0.2) is 0 Å². The normalized spacial score (nSPS) is 26.1. The van der Waals surface area contributed by atoms with Gasteiger partial charge in [0.25, 0.3) is 0 Å². The molecule has 2 aliphatic rings. The van der Waals surface area contributed by atoms with E-state index in [1.807, 2.05) is 34.6 Å². The number of nitrogens with one attached hydrogen (secondary N) is 4. The van der Waals surface area contributed by atoms with Crippen molar-refractivity contribution in [1.82, 2.24) is 50.7 Å². The van der Waals surface area contributed by atoms with Crippen molar-refractivity contribution in [1.29, 1.82) is 0 Å². The minimum Gasteiger partial charge on any atom is -0.391 e. The van der Waals surface area contributed by atoms with E-state index in [4.69, 9.17) is 4.74 Å². The Labute approximate surface area is 485 Å². The summed E-state index contributed by atoms with van der Waals surface area (Å²) < 4.78 is 6.10. The van der Waals surface area contributed by atoms with E-state index in [9.17, 15) is 53.1 Å². The van der Waals surface area contributed by atoms with Crippen molar-refractivity contribution in [2.45, 2.75) is 181 Å². The van der Waals surface area contributed by atoms with Gasteiger partial charge in [0.1, 0.15) is 48.3 Å². The van der Waals surface area contributed by atoms with Crippen LogP contribution in [0.1, 0.15) is 120 Å². The highest BCUT2D eigenvalue weighted by Crippen LogP contribution is 2.22. The van der Waals surface area contributed by atoms with Gasteiger partial charge in [-0.15, -0.1) is 11.8 Å². The molecule has 5 N–H and O–H groups in total. The van der Waals surface area contributed by atoms with E-state index in [0.717, 1.165) is 35.9 Å². The molecular weight excluding hydrogens is 1060 g/mol. The molecule has 2 aliphatic heterocycles. The van der Waals surface area contributed by atoms with E-state index in [1.165, 1.54) is 68.7 Å². The highest BCUT2D eigenvalue weighted by atomic mass is 32.2. The number of thioether (sulfide) groups is 1. The Morgan fingerprint density at radius 2 is 1.22 bits per heavy atom. The fourth-order valence-electron chi connectivity index (χ4n) is 9.68. The van der Waals surface area contributed by atoms with Gasteiger partial charge in [0.05, 0.1) is 30.6 Å². The van der Waals surface area contributed by atoms with Crippen LogP contribution >= 0.6 is 11.8 Å². The van der Waals surface area contributed by atoms with Crippen LogP contribution in [0.5, 0.6) is 0 Å². The lowest BCUT2D eigenvalue weighted by atomic mass is 9.95. The summed E-state index contributed by atoms with van der Waals surface area (Å²) >= 11 is 1.08. The Kier molecular flexibility index (Phi) is 27.6. The highest BCUT2D eigenvalue weighted by Gasteiger charge is 2.42. The van der Waals surface area contributed by atoms with Crippen molar-refractivity contribution in [3.8, 4) is 0 Å². The van der Waals surface area contributed by atoms with E-state index >= 15 is 0 Å². The molecule has 0 spiro atoms. The number of aliphatic hydroxyl groups excluding tert-OH is 1. The fraction of sp³-hybridized carbons (Fsp3) is 0.724. The summed E-state index contributed by atoms with van der Waals surface area (Å²) in [5.74, 6) is -7.57. The number of benzene rings is 1. The molecule has 0 bridgehead atoms. The van der Waals surface area contributed by atoms with Gasteiger partial charge >= 0.3 is 0 Å². The van der Waals surface area contributed by atoms with Gasteiger partial charge in [-0.2, -0.15) is 0 Å². The molecule has 81 heavy (non-hydrogen) atoms. The standard InChI is InChI=1S/C58H96N10O12S/c1-17-37(6)49-53(75)61-43(56(78)68-26-22-19-23-27-68)33-81-34-47(71)64(13)38(7)50(72)59-41(30-40-24-20-18-21-25-40)54(76)66(15)45(29-36(4)5)52(74)62-48(39(8)69)57(79)63(12)31-46(70)65(14)44(28-35(2)3)51(73)60-42(55(77)67(49)16)32-80-58(9,10)11/h18,20-21,24-25,35-39,41-45,48-49,69H,17,19,22-23,26-34H2,1-16H3,(H,59,72)(H,60,73)(H,61,75)(H,62,74)/t37-,38-,39+,41-,42-,43-,44-,45-,48-,49-/m0/s1. The molecule has 456 valence electrons. The zero-order valence-corrected chi connectivity index (χ0v) is 51.9. The first-order valence-electron chi connectivity index (χ1n) is 28.5. The first kappa shape index (κ1) is 69.5. The lowest BCUT2D eigenvalue weighted by molar-refractivity contribution is -0.149. The minimum absolute atomic E-state index is 0.0000603. The maximum atomic E-state index is 14.9. The Morgan fingerprint density at radius 1 is 0.679 bits per heavy atom. The second-order valence-corrected chi connectivity index (χ2v) is 24.9. The van der Waals surface area contributed by atoms with Crippen molar-refractivity contribution >= 4 is 70.8 Å². The fourth-order valence-corrected chi connectivity index (χ4v) is 10.6. The molecule has 1 aromatic carbocycles. The van der Waals surface area contributed by atoms with Crippen LogP contribution in [0.3, 0.4) is 0 Å². The van der Waals surface area contributed by atoms with Crippen LogP contribution in [0, 0.1) is 17.8 Å². The predicted octanol–water partition coefficient (Wildman–Crippen LogP) is 2.05.